The van der Waals surface area contributed by atoms with Crippen molar-refractivity contribution >= 4 is 0 Å². The zero-order chi connectivity index (χ0) is 11.4. The summed E-state index contributed by atoms with van der Waals surface area (Å²) in [5.41, 5.74) is 0. The average molecular weight is 227 g/mol. The van der Waals surface area contributed by atoms with E-state index in [-0.39, 0.29) is 0 Å². The van der Waals surface area contributed by atoms with E-state index in [9.17, 15) is 0 Å². The molecule has 0 spiro atoms. The molecule has 0 unspecified atom stereocenters. The van der Waals surface area contributed by atoms with Crippen molar-refractivity contribution in [1.82, 2.24) is 5.32 Å². The molecule has 16 heavy (non-hydrogen) atoms. The molecule has 2 saturated heterocycles. The Morgan fingerprint density at radius 1 is 1.31 bits per heavy atom. The van der Waals surface area contributed by atoms with Gasteiger partial charge in [-0.05, 0) is 31.7 Å². The number of nitrogens with one attached hydrogen (secondary N) is 1. The minimum absolute atomic E-state index is 0.357. The van der Waals surface area contributed by atoms with Gasteiger partial charge in [0.15, 0.2) is 0 Å². The average Bonchev–Trinajstić information content (AvgIpc) is 2.22. The van der Waals surface area contributed by atoms with E-state index < -0.39 is 0 Å². The second-order valence-corrected chi connectivity index (χ2v) is 5.46. The van der Waals surface area contributed by atoms with Crippen LogP contribution in [0.15, 0.2) is 0 Å². The molecule has 3 nitrogen and oxygen atoms in total. The van der Waals surface area contributed by atoms with Crippen LogP contribution in [0, 0.1) is 5.92 Å². The molecule has 0 aromatic carbocycles. The van der Waals surface area contributed by atoms with Crippen LogP contribution in [0.3, 0.4) is 0 Å². The van der Waals surface area contributed by atoms with Crippen molar-refractivity contribution in [3.05, 3.63) is 0 Å². The summed E-state index contributed by atoms with van der Waals surface area (Å²) in [6, 6.07) is 0.669. The zero-order valence-electron chi connectivity index (χ0n) is 10.6. The summed E-state index contributed by atoms with van der Waals surface area (Å²) in [4.78, 5) is 0. The summed E-state index contributed by atoms with van der Waals surface area (Å²) in [5, 5.41) is 3.60. The first-order valence-corrected chi connectivity index (χ1v) is 6.72. The van der Waals surface area contributed by atoms with E-state index in [1.807, 2.05) is 0 Å². The SMILES string of the molecule is CC(C)[C@H](C[C@@H]1CCCCN1)OC1COC1. The van der Waals surface area contributed by atoms with Crippen LogP contribution in [0.25, 0.3) is 0 Å². The maximum atomic E-state index is 6.09. The van der Waals surface area contributed by atoms with Crippen molar-refractivity contribution in [3.63, 3.8) is 0 Å². The highest BCUT2D eigenvalue weighted by molar-refractivity contribution is 4.79. The van der Waals surface area contributed by atoms with Crippen molar-refractivity contribution in [2.75, 3.05) is 19.8 Å². The lowest BCUT2D eigenvalue weighted by Crippen LogP contribution is -2.44. The Morgan fingerprint density at radius 2 is 2.12 bits per heavy atom. The third-order valence-corrected chi connectivity index (χ3v) is 3.65. The van der Waals surface area contributed by atoms with Crippen molar-refractivity contribution in [3.8, 4) is 0 Å². The van der Waals surface area contributed by atoms with Gasteiger partial charge in [0.1, 0.15) is 6.10 Å². The predicted molar refractivity (Wildman–Crippen MR) is 64.6 cm³/mol. The van der Waals surface area contributed by atoms with Gasteiger partial charge in [0.25, 0.3) is 0 Å². The van der Waals surface area contributed by atoms with Crippen LogP contribution in [0.5, 0.6) is 0 Å². The number of rotatable bonds is 5. The van der Waals surface area contributed by atoms with Crippen LogP contribution in [-0.2, 0) is 9.47 Å². The van der Waals surface area contributed by atoms with Crippen molar-refractivity contribution in [1.29, 1.82) is 0 Å². The fourth-order valence-corrected chi connectivity index (χ4v) is 2.43. The first-order chi connectivity index (χ1) is 7.75. The third-order valence-electron chi connectivity index (χ3n) is 3.65. The standard InChI is InChI=1S/C13H25NO2/c1-10(2)13(16-12-8-15-9-12)7-11-5-3-4-6-14-11/h10-14H,3-9H2,1-2H3/t11-,13-/m0/s1. The van der Waals surface area contributed by atoms with Gasteiger partial charge in [-0.1, -0.05) is 20.3 Å². The number of piperidine rings is 1. The molecule has 0 bridgehead atoms. The Labute approximate surface area is 98.9 Å². The molecule has 2 rings (SSSR count). The summed E-state index contributed by atoms with van der Waals surface area (Å²) in [6.07, 6.45) is 5.93. The third kappa shape index (κ3) is 3.44. The molecule has 94 valence electrons. The summed E-state index contributed by atoms with van der Waals surface area (Å²) in [6.45, 7) is 7.28. The van der Waals surface area contributed by atoms with E-state index in [2.05, 4.69) is 19.2 Å². The first kappa shape index (κ1) is 12.3. The Kier molecular flexibility index (Phi) is 4.62. The number of hydrogen-bond acceptors (Lipinski definition) is 3. The molecule has 2 heterocycles. The first-order valence-electron chi connectivity index (χ1n) is 6.72. The van der Waals surface area contributed by atoms with Crippen LogP contribution in [0.4, 0.5) is 0 Å². The minimum atomic E-state index is 0.357. The van der Waals surface area contributed by atoms with E-state index in [0.29, 0.717) is 24.2 Å². The quantitative estimate of drug-likeness (QED) is 0.779. The topological polar surface area (TPSA) is 30.5 Å². The molecule has 1 N–H and O–H groups in total. The highest BCUT2D eigenvalue weighted by Crippen LogP contribution is 2.21. The Hall–Kier alpha value is -0.120. The number of ether oxygens (including phenoxy) is 2. The Morgan fingerprint density at radius 3 is 2.62 bits per heavy atom. The Bertz CT molecular complexity index is 198. The monoisotopic (exact) mass is 227 g/mol. The molecule has 0 aromatic rings. The molecule has 2 aliphatic heterocycles. The number of hydrogen-bond donors (Lipinski definition) is 1. The predicted octanol–water partition coefficient (Wildman–Crippen LogP) is 1.96. The maximum absolute atomic E-state index is 6.09. The minimum Gasteiger partial charge on any atom is -0.376 e. The van der Waals surface area contributed by atoms with E-state index in [1.165, 1.54) is 25.8 Å². The lowest BCUT2D eigenvalue weighted by molar-refractivity contribution is -0.165. The summed E-state index contributed by atoms with van der Waals surface area (Å²) in [5.74, 6) is 0.601. The second kappa shape index (κ2) is 5.99. The highest BCUT2D eigenvalue weighted by Gasteiger charge is 2.27. The van der Waals surface area contributed by atoms with E-state index in [4.69, 9.17) is 9.47 Å². The largest absolute Gasteiger partial charge is 0.376 e. The molecule has 2 atom stereocenters. The van der Waals surface area contributed by atoms with Crippen LogP contribution < -0.4 is 5.32 Å². The van der Waals surface area contributed by atoms with Gasteiger partial charge < -0.3 is 14.8 Å². The highest BCUT2D eigenvalue weighted by atomic mass is 16.6. The molecule has 0 aromatic heterocycles. The van der Waals surface area contributed by atoms with Gasteiger partial charge >= 0.3 is 0 Å². The van der Waals surface area contributed by atoms with Crippen molar-refractivity contribution < 1.29 is 9.47 Å². The molecule has 0 amide bonds. The van der Waals surface area contributed by atoms with Crippen LogP contribution in [0.1, 0.15) is 39.5 Å². The molecule has 0 aliphatic carbocycles. The van der Waals surface area contributed by atoms with E-state index in [1.54, 1.807) is 0 Å². The normalized spacial score (nSPS) is 29.1. The maximum Gasteiger partial charge on any atom is 0.104 e. The van der Waals surface area contributed by atoms with Gasteiger partial charge in [0.2, 0.25) is 0 Å². The second-order valence-electron chi connectivity index (χ2n) is 5.46. The van der Waals surface area contributed by atoms with Gasteiger partial charge in [-0.2, -0.15) is 0 Å². The molecule has 0 saturated carbocycles. The molecule has 3 heteroatoms. The molecule has 0 radical (unpaired) electrons. The summed E-state index contributed by atoms with van der Waals surface area (Å²) in [7, 11) is 0. The van der Waals surface area contributed by atoms with Gasteiger partial charge in [0, 0.05) is 6.04 Å². The van der Waals surface area contributed by atoms with Crippen molar-refractivity contribution in [2.24, 2.45) is 5.92 Å². The molecular formula is C13H25NO2. The van der Waals surface area contributed by atoms with E-state index in [0.717, 1.165) is 19.6 Å². The molecule has 2 aliphatic rings. The van der Waals surface area contributed by atoms with Crippen LogP contribution >= 0.6 is 0 Å². The van der Waals surface area contributed by atoms with Gasteiger partial charge in [-0.25, -0.2) is 0 Å². The van der Waals surface area contributed by atoms with Crippen LogP contribution in [-0.4, -0.2) is 38.0 Å². The fourth-order valence-electron chi connectivity index (χ4n) is 2.43. The summed E-state index contributed by atoms with van der Waals surface area (Å²) < 4.78 is 11.3. The lowest BCUT2D eigenvalue weighted by atomic mass is 9.94. The molecular weight excluding hydrogens is 202 g/mol. The smallest absolute Gasteiger partial charge is 0.104 e. The molecule has 2 fully saturated rings. The lowest BCUT2D eigenvalue weighted by Gasteiger charge is -2.35. The fraction of sp³-hybridized carbons (Fsp3) is 1.00. The van der Waals surface area contributed by atoms with Gasteiger partial charge in [0.05, 0.1) is 19.3 Å². The van der Waals surface area contributed by atoms with Gasteiger partial charge in [-0.3, -0.25) is 0 Å². The zero-order valence-corrected chi connectivity index (χ0v) is 10.6. The van der Waals surface area contributed by atoms with Crippen LogP contribution in [0.2, 0.25) is 0 Å². The van der Waals surface area contributed by atoms with Gasteiger partial charge in [-0.15, -0.1) is 0 Å². The van der Waals surface area contributed by atoms with E-state index >= 15 is 0 Å². The Balaban J connectivity index is 1.76. The summed E-state index contributed by atoms with van der Waals surface area (Å²) >= 11 is 0. The van der Waals surface area contributed by atoms with Crippen molar-refractivity contribution in [2.45, 2.75) is 57.8 Å².